The lowest BCUT2D eigenvalue weighted by Gasteiger charge is -2.17. The zero-order valence-electron chi connectivity index (χ0n) is 9.34. The second kappa shape index (κ2) is 4.71. The number of hydrogen-bond acceptors (Lipinski definition) is 4. The number of fused-ring (bicyclic) bond motifs is 1. The standard InChI is InChI=1S/C13H11NO3/c1-9(7-14)17-13(15)11-6-10-4-2-3-5-12(10)16-8-11/h2-6,9H,8H2,1H3/t9-/m0/s1. The summed E-state index contributed by atoms with van der Waals surface area (Å²) in [4.78, 5) is 11.7. The van der Waals surface area contributed by atoms with E-state index in [0.29, 0.717) is 5.57 Å². The van der Waals surface area contributed by atoms with Crippen molar-refractivity contribution in [2.75, 3.05) is 6.61 Å². The molecule has 0 fully saturated rings. The number of hydrogen-bond donors (Lipinski definition) is 0. The maximum absolute atomic E-state index is 11.7. The summed E-state index contributed by atoms with van der Waals surface area (Å²) in [6.07, 6.45) is 0.978. The fourth-order valence-electron chi connectivity index (χ4n) is 1.50. The van der Waals surface area contributed by atoms with Crippen LogP contribution in [-0.2, 0) is 9.53 Å². The molecule has 0 spiro atoms. The third kappa shape index (κ3) is 2.45. The van der Waals surface area contributed by atoms with Crippen molar-refractivity contribution in [2.45, 2.75) is 13.0 Å². The molecule has 0 bridgehead atoms. The number of benzene rings is 1. The highest BCUT2D eigenvalue weighted by molar-refractivity contribution is 5.95. The molecule has 86 valence electrons. The molecule has 0 unspecified atom stereocenters. The van der Waals surface area contributed by atoms with Crippen LogP contribution < -0.4 is 4.74 Å². The second-order valence-electron chi connectivity index (χ2n) is 3.67. The Balaban J connectivity index is 2.17. The first-order valence-electron chi connectivity index (χ1n) is 5.23. The van der Waals surface area contributed by atoms with Crippen molar-refractivity contribution in [1.82, 2.24) is 0 Å². The molecule has 0 aliphatic carbocycles. The van der Waals surface area contributed by atoms with Crippen LogP contribution in [0.1, 0.15) is 12.5 Å². The highest BCUT2D eigenvalue weighted by Crippen LogP contribution is 2.26. The van der Waals surface area contributed by atoms with Gasteiger partial charge in [0.1, 0.15) is 18.4 Å². The van der Waals surface area contributed by atoms with Crippen LogP contribution in [0.3, 0.4) is 0 Å². The number of nitrogens with zero attached hydrogens (tertiary/aromatic N) is 1. The number of para-hydroxylation sites is 1. The van der Waals surface area contributed by atoms with Crippen molar-refractivity contribution in [2.24, 2.45) is 0 Å². The first-order chi connectivity index (χ1) is 8.20. The van der Waals surface area contributed by atoms with Gasteiger partial charge in [0.15, 0.2) is 6.10 Å². The van der Waals surface area contributed by atoms with Gasteiger partial charge in [0, 0.05) is 5.56 Å². The second-order valence-corrected chi connectivity index (χ2v) is 3.67. The van der Waals surface area contributed by atoms with Crippen molar-refractivity contribution in [3.05, 3.63) is 35.4 Å². The van der Waals surface area contributed by atoms with Crippen LogP contribution >= 0.6 is 0 Å². The molecule has 1 aromatic rings. The van der Waals surface area contributed by atoms with Crippen LogP contribution in [0.5, 0.6) is 5.75 Å². The van der Waals surface area contributed by atoms with E-state index < -0.39 is 12.1 Å². The van der Waals surface area contributed by atoms with E-state index in [0.717, 1.165) is 11.3 Å². The van der Waals surface area contributed by atoms with E-state index in [9.17, 15) is 4.79 Å². The van der Waals surface area contributed by atoms with Gasteiger partial charge >= 0.3 is 5.97 Å². The summed E-state index contributed by atoms with van der Waals surface area (Å²) in [5.41, 5.74) is 1.26. The summed E-state index contributed by atoms with van der Waals surface area (Å²) < 4.78 is 10.3. The maximum atomic E-state index is 11.7. The molecule has 1 heterocycles. The predicted molar refractivity (Wildman–Crippen MR) is 61.1 cm³/mol. The molecule has 2 rings (SSSR count). The number of carbonyl (C=O) groups excluding carboxylic acids is 1. The third-order valence-electron chi connectivity index (χ3n) is 2.36. The van der Waals surface area contributed by atoms with Gasteiger partial charge in [0.05, 0.1) is 5.57 Å². The van der Waals surface area contributed by atoms with E-state index in [4.69, 9.17) is 14.7 Å². The van der Waals surface area contributed by atoms with Crippen LogP contribution in [-0.4, -0.2) is 18.7 Å². The number of esters is 1. The number of nitriles is 1. The molecular weight excluding hydrogens is 218 g/mol. The first-order valence-corrected chi connectivity index (χ1v) is 5.23. The summed E-state index contributed by atoms with van der Waals surface area (Å²) >= 11 is 0. The van der Waals surface area contributed by atoms with E-state index in [1.807, 2.05) is 30.3 Å². The molecule has 4 heteroatoms. The Kier molecular flexibility index (Phi) is 3.10. The Bertz CT molecular complexity index is 514. The SMILES string of the molecule is C[C@@H](C#N)OC(=O)C1=Cc2ccccc2OC1. The van der Waals surface area contributed by atoms with E-state index in [1.54, 1.807) is 6.08 Å². The maximum Gasteiger partial charge on any atom is 0.338 e. The lowest BCUT2D eigenvalue weighted by Crippen LogP contribution is -2.20. The summed E-state index contributed by atoms with van der Waals surface area (Å²) in [6, 6.07) is 9.27. The lowest BCUT2D eigenvalue weighted by molar-refractivity contribution is -0.141. The largest absolute Gasteiger partial charge is 0.488 e. The van der Waals surface area contributed by atoms with Crippen molar-refractivity contribution in [3.63, 3.8) is 0 Å². The number of carbonyl (C=O) groups is 1. The van der Waals surface area contributed by atoms with Crippen LogP contribution in [0.2, 0.25) is 0 Å². The minimum absolute atomic E-state index is 0.175. The van der Waals surface area contributed by atoms with Crippen LogP contribution in [0.15, 0.2) is 29.8 Å². The van der Waals surface area contributed by atoms with Crippen LogP contribution in [0, 0.1) is 11.3 Å². The third-order valence-corrected chi connectivity index (χ3v) is 2.36. The van der Waals surface area contributed by atoms with Gasteiger partial charge in [-0.25, -0.2) is 4.79 Å². The van der Waals surface area contributed by atoms with E-state index in [-0.39, 0.29) is 6.61 Å². The molecular formula is C13H11NO3. The molecule has 0 N–H and O–H groups in total. The molecule has 1 aromatic carbocycles. The molecule has 1 aliphatic rings. The van der Waals surface area contributed by atoms with E-state index in [2.05, 4.69) is 0 Å². The van der Waals surface area contributed by atoms with Gasteiger partial charge in [-0.2, -0.15) is 5.26 Å². The van der Waals surface area contributed by atoms with Gasteiger partial charge in [0.25, 0.3) is 0 Å². The molecule has 1 aliphatic heterocycles. The average molecular weight is 229 g/mol. The predicted octanol–water partition coefficient (Wildman–Crippen LogP) is 1.92. The lowest BCUT2D eigenvalue weighted by atomic mass is 10.1. The smallest absolute Gasteiger partial charge is 0.338 e. The zero-order chi connectivity index (χ0) is 12.3. The minimum Gasteiger partial charge on any atom is -0.488 e. The Morgan fingerprint density at radius 3 is 3.06 bits per heavy atom. The Hall–Kier alpha value is -2.28. The quantitative estimate of drug-likeness (QED) is 0.727. The zero-order valence-corrected chi connectivity index (χ0v) is 9.34. The van der Waals surface area contributed by atoms with Gasteiger partial charge in [-0.1, -0.05) is 18.2 Å². The summed E-state index contributed by atoms with van der Waals surface area (Å²) in [6.45, 7) is 1.70. The Morgan fingerprint density at radius 1 is 1.53 bits per heavy atom. The monoisotopic (exact) mass is 229 g/mol. The van der Waals surface area contributed by atoms with Crippen molar-refractivity contribution in [1.29, 1.82) is 5.26 Å². The van der Waals surface area contributed by atoms with Crippen LogP contribution in [0.4, 0.5) is 0 Å². The molecule has 0 saturated heterocycles. The van der Waals surface area contributed by atoms with Gasteiger partial charge in [-0.3, -0.25) is 0 Å². The average Bonchev–Trinajstić information content (AvgIpc) is 2.38. The molecule has 0 amide bonds. The molecule has 17 heavy (non-hydrogen) atoms. The fraction of sp³-hybridized carbons (Fsp3) is 0.231. The first kappa shape index (κ1) is 11.2. The number of ether oxygens (including phenoxy) is 2. The summed E-state index contributed by atoms with van der Waals surface area (Å²) in [5.74, 6) is 0.242. The highest BCUT2D eigenvalue weighted by atomic mass is 16.5. The van der Waals surface area contributed by atoms with Crippen LogP contribution in [0.25, 0.3) is 6.08 Å². The van der Waals surface area contributed by atoms with Gasteiger partial charge in [-0.05, 0) is 19.1 Å². The van der Waals surface area contributed by atoms with E-state index >= 15 is 0 Å². The number of rotatable bonds is 2. The molecule has 0 radical (unpaired) electrons. The summed E-state index contributed by atoms with van der Waals surface area (Å²) in [5, 5.41) is 8.56. The van der Waals surface area contributed by atoms with E-state index in [1.165, 1.54) is 6.92 Å². The van der Waals surface area contributed by atoms with Crippen molar-refractivity contribution in [3.8, 4) is 11.8 Å². The van der Waals surface area contributed by atoms with Crippen molar-refractivity contribution < 1.29 is 14.3 Å². The fourth-order valence-corrected chi connectivity index (χ4v) is 1.50. The Morgan fingerprint density at radius 2 is 2.29 bits per heavy atom. The summed E-state index contributed by atoms with van der Waals surface area (Å²) in [7, 11) is 0. The topological polar surface area (TPSA) is 59.3 Å². The van der Waals surface area contributed by atoms with Gasteiger partial charge < -0.3 is 9.47 Å². The van der Waals surface area contributed by atoms with Gasteiger partial charge in [-0.15, -0.1) is 0 Å². The Labute approximate surface area is 99.1 Å². The molecule has 4 nitrogen and oxygen atoms in total. The highest BCUT2D eigenvalue weighted by Gasteiger charge is 2.19. The minimum atomic E-state index is -0.749. The molecule has 1 atom stereocenters. The molecule has 0 saturated carbocycles. The molecule has 0 aromatic heterocycles. The van der Waals surface area contributed by atoms with Crippen molar-refractivity contribution >= 4 is 12.0 Å². The normalized spacial score (nSPS) is 14.7. The van der Waals surface area contributed by atoms with Gasteiger partial charge in [0.2, 0.25) is 0 Å².